The van der Waals surface area contributed by atoms with Gasteiger partial charge in [-0.3, -0.25) is 0 Å². The maximum atomic E-state index is 9.55. The predicted molar refractivity (Wildman–Crippen MR) is 113 cm³/mol. The van der Waals surface area contributed by atoms with Gasteiger partial charge in [-0.25, -0.2) is 9.59 Å². The number of rotatable bonds is 5. The zero-order chi connectivity index (χ0) is 21.8. The van der Waals surface area contributed by atoms with Gasteiger partial charge in [0.15, 0.2) is 0 Å². The van der Waals surface area contributed by atoms with Crippen molar-refractivity contribution in [1.82, 2.24) is 9.47 Å². The molecule has 0 radical (unpaired) electrons. The van der Waals surface area contributed by atoms with Crippen molar-refractivity contribution in [2.75, 3.05) is 27.2 Å². The van der Waals surface area contributed by atoms with Crippen LogP contribution >= 0.6 is 11.6 Å². The lowest BCUT2D eigenvalue weighted by Gasteiger charge is -2.36. The molecule has 3 rings (SSSR count). The normalized spacial score (nSPS) is 18.6. The molecule has 0 fully saturated rings. The zero-order valence-corrected chi connectivity index (χ0v) is 17.9. The second kappa shape index (κ2) is 9.43. The summed E-state index contributed by atoms with van der Waals surface area (Å²) >= 11 is 6.47. The third kappa shape index (κ3) is 5.38. The van der Waals surface area contributed by atoms with Crippen molar-refractivity contribution in [2.24, 2.45) is 7.05 Å². The van der Waals surface area contributed by atoms with Gasteiger partial charge in [-0.15, -0.1) is 0 Å². The fourth-order valence-electron chi connectivity index (χ4n) is 3.67. The van der Waals surface area contributed by atoms with E-state index in [0.29, 0.717) is 12.2 Å². The molecule has 1 aromatic carbocycles. The molecule has 2 heterocycles. The third-order valence-electron chi connectivity index (χ3n) is 4.95. The van der Waals surface area contributed by atoms with Crippen LogP contribution < -0.4 is 0 Å². The van der Waals surface area contributed by atoms with Crippen LogP contribution in [0.3, 0.4) is 0 Å². The Morgan fingerprint density at radius 1 is 1.28 bits per heavy atom. The summed E-state index contributed by atoms with van der Waals surface area (Å²) in [4.78, 5) is 21.3. The summed E-state index contributed by atoms with van der Waals surface area (Å²) in [6, 6.07) is 6.15. The molecule has 158 valence electrons. The minimum atomic E-state index is -1.26. The van der Waals surface area contributed by atoms with E-state index in [1.54, 1.807) is 0 Å². The predicted octanol–water partition coefficient (Wildman–Crippen LogP) is 3.28. The second-order valence-corrected chi connectivity index (χ2v) is 7.82. The molecule has 0 bridgehead atoms. The molecule has 7 nitrogen and oxygen atoms in total. The minimum Gasteiger partial charge on any atom is -0.478 e. The first kappa shape index (κ1) is 22.9. The molecule has 0 amide bonds. The van der Waals surface area contributed by atoms with Crippen LogP contribution in [0.25, 0.3) is 10.9 Å². The van der Waals surface area contributed by atoms with E-state index in [1.165, 1.54) is 22.2 Å². The fraction of sp³-hybridized carbons (Fsp3) is 0.429. The van der Waals surface area contributed by atoms with Crippen LogP contribution in [0.4, 0.5) is 0 Å². The molecule has 8 heteroatoms. The fourth-order valence-corrected chi connectivity index (χ4v) is 3.95. The summed E-state index contributed by atoms with van der Waals surface area (Å²) in [5, 5.41) is 17.7. The van der Waals surface area contributed by atoms with E-state index in [9.17, 15) is 9.59 Å². The monoisotopic (exact) mass is 422 g/mol. The van der Waals surface area contributed by atoms with Crippen LogP contribution in [-0.2, 0) is 33.4 Å². The molecule has 2 aromatic rings. The lowest BCUT2D eigenvalue weighted by atomic mass is 9.89. The number of carboxylic acids is 2. The first-order valence-corrected chi connectivity index (χ1v) is 9.63. The van der Waals surface area contributed by atoms with E-state index in [4.69, 9.17) is 26.6 Å². The largest absolute Gasteiger partial charge is 0.478 e. The van der Waals surface area contributed by atoms with Crippen LogP contribution in [0.2, 0.25) is 5.02 Å². The van der Waals surface area contributed by atoms with Crippen molar-refractivity contribution in [2.45, 2.75) is 25.4 Å². The van der Waals surface area contributed by atoms with Crippen LogP contribution in [0, 0.1) is 0 Å². The van der Waals surface area contributed by atoms with Crippen molar-refractivity contribution >= 4 is 34.4 Å². The molecule has 1 aromatic heterocycles. The van der Waals surface area contributed by atoms with Crippen LogP contribution in [0.15, 0.2) is 30.4 Å². The van der Waals surface area contributed by atoms with Gasteiger partial charge >= 0.3 is 11.9 Å². The number of nitrogens with zero attached hydrogens (tertiary/aromatic N) is 2. The van der Waals surface area contributed by atoms with Gasteiger partial charge in [0.1, 0.15) is 5.60 Å². The highest BCUT2D eigenvalue weighted by Crippen LogP contribution is 2.42. The van der Waals surface area contributed by atoms with E-state index in [1.807, 2.05) is 12.1 Å². The summed E-state index contributed by atoms with van der Waals surface area (Å²) in [6.07, 6.45) is 3.04. The zero-order valence-electron chi connectivity index (χ0n) is 17.1. The van der Waals surface area contributed by atoms with E-state index in [0.717, 1.165) is 31.0 Å². The molecule has 0 aliphatic carbocycles. The maximum absolute atomic E-state index is 9.55. The number of aryl methyl sites for hydroxylation is 1. The van der Waals surface area contributed by atoms with Crippen molar-refractivity contribution in [3.8, 4) is 0 Å². The van der Waals surface area contributed by atoms with Crippen molar-refractivity contribution in [3.63, 3.8) is 0 Å². The Bertz CT molecular complexity index is 919. The summed E-state index contributed by atoms with van der Waals surface area (Å²) in [7, 11) is 6.33. The van der Waals surface area contributed by atoms with Crippen LogP contribution in [0.1, 0.15) is 24.6 Å². The highest BCUT2D eigenvalue weighted by Gasteiger charge is 2.37. The van der Waals surface area contributed by atoms with Gasteiger partial charge < -0.3 is 24.4 Å². The third-order valence-corrected chi connectivity index (χ3v) is 5.27. The number of halogens is 1. The first-order valence-electron chi connectivity index (χ1n) is 9.25. The molecule has 29 heavy (non-hydrogen) atoms. The molecule has 1 unspecified atom stereocenters. The topological polar surface area (TPSA) is 92.0 Å². The van der Waals surface area contributed by atoms with Crippen LogP contribution in [0.5, 0.6) is 0 Å². The van der Waals surface area contributed by atoms with E-state index < -0.39 is 11.9 Å². The molecule has 1 atom stereocenters. The summed E-state index contributed by atoms with van der Waals surface area (Å²) < 4.78 is 8.47. The standard InChI is InChI=1S/C17H23ClN2O.C4H4O4/c1-17(9-10-19(2)3)16-12(8-11-21-17)15-13(18)6-5-7-14(15)20(16)4;5-3(6)1-2-4(7)8/h5-7H,8-11H2,1-4H3;1-2H,(H,5,6)(H,7,8)/b;2-1+. The molecule has 0 saturated carbocycles. The highest BCUT2D eigenvalue weighted by molar-refractivity contribution is 6.35. The summed E-state index contributed by atoms with van der Waals surface area (Å²) in [5.41, 5.74) is 3.62. The smallest absolute Gasteiger partial charge is 0.328 e. The summed E-state index contributed by atoms with van der Waals surface area (Å²) in [6.45, 7) is 3.98. The van der Waals surface area contributed by atoms with E-state index in [-0.39, 0.29) is 5.60 Å². The number of hydrogen-bond acceptors (Lipinski definition) is 4. The van der Waals surface area contributed by atoms with Gasteiger partial charge in [-0.2, -0.15) is 0 Å². The lowest BCUT2D eigenvalue weighted by Crippen LogP contribution is -2.37. The number of aromatic nitrogens is 1. The Morgan fingerprint density at radius 3 is 2.45 bits per heavy atom. The Labute approximate surface area is 175 Å². The molecular weight excluding hydrogens is 396 g/mol. The van der Waals surface area contributed by atoms with Crippen LogP contribution in [-0.4, -0.2) is 58.9 Å². The quantitative estimate of drug-likeness (QED) is 0.718. The molecule has 0 saturated heterocycles. The van der Waals surface area contributed by atoms with Crippen molar-refractivity contribution in [3.05, 3.63) is 46.6 Å². The number of carboxylic acid groups (broad SMARTS) is 2. The molecular formula is C21H27ClN2O5. The molecule has 2 N–H and O–H groups in total. The number of hydrogen-bond donors (Lipinski definition) is 2. The Balaban J connectivity index is 0.000000321. The maximum Gasteiger partial charge on any atom is 0.328 e. The van der Waals surface area contributed by atoms with E-state index in [2.05, 4.69) is 43.6 Å². The van der Waals surface area contributed by atoms with Gasteiger partial charge in [-0.1, -0.05) is 17.7 Å². The van der Waals surface area contributed by atoms with E-state index >= 15 is 0 Å². The molecule has 1 aliphatic rings. The van der Waals surface area contributed by atoms with Gasteiger partial charge in [-0.05, 0) is 51.6 Å². The number of fused-ring (bicyclic) bond motifs is 3. The Kier molecular flexibility index (Phi) is 7.46. The van der Waals surface area contributed by atoms with Crippen molar-refractivity contribution in [1.29, 1.82) is 0 Å². The first-order chi connectivity index (χ1) is 13.6. The molecule has 0 spiro atoms. The highest BCUT2D eigenvalue weighted by atomic mass is 35.5. The van der Waals surface area contributed by atoms with Gasteiger partial charge in [0, 0.05) is 36.6 Å². The summed E-state index contributed by atoms with van der Waals surface area (Å²) in [5.74, 6) is -2.51. The number of benzene rings is 1. The number of aliphatic carboxylic acids is 2. The number of carbonyl (C=O) groups is 2. The van der Waals surface area contributed by atoms with Gasteiger partial charge in [0.2, 0.25) is 0 Å². The Hall–Kier alpha value is -2.35. The van der Waals surface area contributed by atoms with Gasteiger partial charge in [0.05, 0.1) is 17.3 Å². The lowest BCUT2D eigenvalue weighted by molar-refractivity contribution is -0.134. The Morgan fingerprint density at radius 2 is 1.90 bits per heavy atom. The average Bonchev–Trinajstić information content (AvgIpc) is 2.94. The minimum absolute atomic E-state index is 0.241. The van der Waals surface area contributed by atoms with Crippen molar-refractivity contribution < 1.29 is 24.5 Å². The van der Waals surface area contributed by atoms with Gasteiger partial charge in [0.25, 0.3) is 0 Å². The SMILES string of the molecule is CN(C)CCC1(C)OCCc2c1n(C)c1cccc(Cl)c21.O=C(O)/C=C/C(=O)O. The second-order valence-electron chi connectivity index (χ2n) is 7.41. The number of ether oxygens (including phenoxy) is 1. The average molecular weight is 423 g/mol. The molecule has 1 aliphatic heterocycles.